The van der Waals surface area contributed by atoms with E-state index in [-0.39, 0.29) is 22.5 Å². The molecule has 0 radical (unpaired) electrons. The molecule has 2 aromatic carbocycles. The molecule has 0 amide bonds. The van der Waals surface area contributed by atoms with Crippen LogP contribution in [0, 0.1) is 12.3 Å². The number of aromatic nitrogens is 4. The van der Waals surface area contributed by atoms with Crippen LogP contribution in [0.25, 0.3) is 11.2 Å². The summed E-state index contributed by atoms with van der Waals surface area (Å²) in [6, 6.07) is 17.4. The number of carboxylic acid groups (broad SMARTS) is 2. The number of nitrogens with one attached hydrogen (secondary N) is 1. The maximum absolute atomic E-state index is 12.3. The monoisotopic (exact) mass is 621 g/mol. The molecule has 14 heteroatoms. The first kappa shape index (κ1) is 30.9. The Morgan fingerprint density at radius 3 is 2.41 bits per heavy atom. The van der Waals surface area contributed by atoms with Crippen LogP contribution in [0.1, 0.15) is 30.3 Å². The maximum atomic E-state index is 12.3. The molecular weight excluding hydrogens is 594 g/mol. The summed E-state index contributed by atoms with van der Waals surface area (Å²) in [7, 11) is 0. The van der Waals surface area contributed by atoms with Crippen LogP contribution in [-0.4, -0.2) is 81.9 Å². The van der Waals surface area contributed by atoms with Gasteiger partial charge in [0, 0.05) is 6.42 Å². The number of nitrogens with zero attached hydrogens (tertiary/aromatic N) is 4. The highest BCUT2D eigenvalue weighted by atomic mass is 35.5. The number of aliphatic hydroxyl groups excluding tert-OH is 1. The van der Waals surface area contributed by atoms with Gasteiger partial charge in [-0.1, -0.05) is 66.6 Å². The number of anilines is 1. The molecule has 3 heterocycles. The number of fused-ring (bicyclic) bond motifs is 1. The van der Waals surface area contributed by atoms with Gasteiger partial charge < -0.3 is 35.2 Å². The number of rotatable bonds is 11. The Balaban J connectivity index is 1.44. The topological polar surface area (TPSA) is 189 Å². The van der Waals surface area contributed by atoms with Gasteiger partial charge in [0.05, 0.1) is 19.0 Å². The number of ether oxygens (including phenoxy) is 2. The molecule has 0 saturated carbocycles. The van der Waals surface area contributed by atoms with Gasteiger partial charge in [-0.15, -0.1) is 6.42 Å². The number of hydrogen-bond acceptors (Lipinski definition) is 10. The summed E-state index contributed by atoms with van der Waals surface area (Å²) in [5.41, 5.74) is -3.42. The molecule has 0 bridgehead atoms. The summed E-state index contributed by atoms with van der Waals surface area (Å²) in [6.07, 6.45) is 1.59. The highest BCUT2D eigenvalue weighted by Crippen LogP contribution is 2.40. The van der Waals surface area contributed by atoms with E-state index in [2.05, 4.69) is 26.2 Å². The van der Waals surface area contributed by atoms with Gasteiger partial charge in [-0.05, 0) is 29.7 Å². The van der Waals surface area contributed by atoms with Crippen molar-refractivity contribution in [2.24, 2.45) is 0 Å². The fourth-order valence-electron chi connectivity index (χ4n) is 5.04. The van der Waals surface area contributed by atoms with Crippen molar-refractivity contribution in [3.05, 3.63) is 83.4 Å². The van der Waals surface area contributed by atoms with Gasteiger partial charge in [0.25, 0.3) is 5.60 Å². The minimum atomic E-state index is -2.75. The first-order valence-corrected chi connectivity index (χ1v) is 13.8. The molecule has 1 aliphatic heterocycles. The minimum Gasteiger partial charge on any atom is -0.479 e. The Morgan fingerprint density at radius 1 is 1.16 bits per heavy atom. The van der Waals surface area contributed by atoms with Crippen LogP contribution in [0.5, 0.6) is 0 Å². The molecule has 2 aromatic heterocycles. The first-order chi connectivity index (χ1) is 21.0. The Hall–Kier alpha value is -4.58. The average molecular weight is 622 g/mol. The molecule has 0 unspecified atom stereocenters. The third kappa shape index (κ3) is 5.57. The van der Waals surface area contributed by atoms with E-state index in [4.69, 9.17) is 27.5 Å². The van der Waals surface area contributed by atoms with Crippen LogP contribution in [0.15, 0.2) is 67.0 Å². The van der Waals surface area contributed by atoms with Crippen molar-refractivity contribution in [2.45, 2.75) is 49.0 Å². The summed E-state index contributed by atoms with van der Waals surface area (Å²) in [6.45, 7) is 1.12. The molecule has 1 aliphatic rings. The summed E-state index contributed by atoms with van der Waals surface area (Å²) in [5.74, 6) is -1.16. The van der Waals surface area contributed by atoms with Crippen LogP contribution in [0.3, 0.4) is 0 Å². The Morgan fingerprint density at radius 2 is 1.80 bits per heavy atom. The van der Waals surface area contributed by atoms with E-state index in [0.717, 1.165) is 5.56 Å². The fourth-order valence-corrected chi connectivity index (χ4v) is 5.21. The van der Waals surface area contributed by atoms with Crippen molar-refractivity contribution in [2.75, 3.05) is 11.9 Å². The number of terminal acetylenes is 1. The van der Waals surface area contributed by atoms with Gasteiger partial charge in [-0.25, -0.2) is 14.6 Å². The van der Waals surface area contributed by atoms with Crippen LogP contribution in [-0.2, 0) is 25.5 Å². The van der Waals surface area contributed by atoms with Crippen molar-refractivity contribution < 1.29 is 39.5 Å². The molecule has 4 aromatic rings. The van der Waals surface area contributed by atoms with Gasteiger partial charge in [0.1, 0.15) is 12.2 Å². The van der Waals surface area contributed by atoms with Gasteiger partial charge in [0.2, 0.25) is 5.28 Å². The van der Waals surface area contributed by atoms with E-state index in [1.54, 1.807) is 30.3 Å². The maximum Gasteiger partial charge on any atom is 0.348 e. The number of imidazole rings is 1. The number of benzene rings is 2. The minimum absolute atomic E-state index is 0.132. The van der Waals surface area contributed by atoms with Crippen molar-refractivity contribution in [3.63, 3.8) is 0 Å². The molecule has 228 valence electrons. The van der Waals surface area contributed by atoms with E-state index in [1.165, 1.54) is 10.9 Å². The van der Waals surface area contributed by atoms with Crippen LogP contribution in [0.4, 0.5) is 5.82 Å². The third-order valence-electron chi connectivity index (χ3n) is 7.54. The molecule has 44 heavy (non-hydrogen) atoms. The average Bonchev–Trinajstić information content (AvgIpc) is 3.54. The quantitative estimate of drug-likeness (QED) is 0.0936. The van der Waals surface area contributed by atoms with E-state index < -0.39 is 54.6 Å². The van der Waals surface area contributed by atoms with Crippen molar-refractivity contribution in [1.29, 1.82) is 0 Å². The summed E-state index contributed by atoms with van der Waals surface area (Å²) in [5, 5.41) is 45.4. The van der Waals surface area contributed by atoms with Crippen LogP contribution >= 0.6 is 11.6 Å². The zero-order chi connectivity index (χ0) is 31.6. The highest BCUT2D eigenvalue weighted by Gasteiger charge is 2.58. The largest absolute Gasteiger partial charge is 0.479 e. The first-order valence-electron chi connectivity index (χ1n) is 13.4. The highest BCUT2D eigenvalue weighted by molar-refractivity contribution is 6.28. The molecule has 0 aliphatic carbocycles. The summed E-state index contributed by atoms with van der Waals surface area (Å²) >= 11 is 6.24. The molecule has 1 saturated heterocycles. The normalized spacial score (nSPS) is 22.4. The second-order valence-electron chi connectivity index (χ2n) is 10.3. The zero-order valence-electron chi connectivity index (χ0n) is 23.2. The number of aliphatic carboxylic acids is 2. The second-order valence-corrected chi connectivity index (χ2v) is 10.6. The van der Waals surface area contributed by atoms with Crippen molar-refractivity contribution in [3.8, 4) is 12.3 Å². The standard InChI is InChI=1S/C30H28ClN5O8/c1-3-29(42)20(15-43-30(26(38)39,27(40)41)14-18-10-6-4-7-11-18)44-25(22(29)37)36-16-32-21-23(34-28(31)35-24(21)36)33-17(2)19-12-8-5-9-13-19/h1,4-13,16-17,20,22,25,37,42H,14-15H2,2H3,(H,38,39)(H,40,41)(H,33,34,35)/t17-,20-,22+,25-,29-/m1/s1. The Labute approximate surface area is 256 Å². The molecule has 5 N–H and O–H groups in total. The fraction of sp³-hybridized carbons (Fsp3) is 0.300. The molecule has 1 fully saturated rings. The smallest absolute Gasteiger partial charge is 0.348 e. The zero-order valence-corrected chi connectivity index (χ0v) is 24.0. The number of aliphatic hydroxyl groups is 2. The number of hydrogen-bond donors (Lipinski definition) is 5. The Kier molecular flexibility index (Phi) is 8.55. The predicted molar refractivity (Wildman–Crippen MR) is 157 cm³/mol. The molecule has 5 atom stereocenters. The van der Waals surface area contributed by atoms with Crippen molar-refractivity contribution in [1.82, 2.24) is 19.5 Å². The van der Waals surface area contributed by atoms with Crippen LogP contribution < -0.4 is 5.32 Å². The Bertz CT molecular complexity index is 1700. The number of carbonyl (C=O) groups is 2. The molecular formula is C30H28ClN5O8. The lowest BCUT2D eigenvalue weighted by Gasteiger charge is -2.30. The second kappa shape index (κ2) is 12.2. The van der Waals surface area contributed by atoms with E-state index in [9.17, 15) is 30.0 Å². The van der Waals surface area contributed by atoms with Gasteiger partial charge in [0.15, 0.2) is 28.8 Å². The van der Waals surface area contributed by atoms with Gasteiger partial charge in [-0.2, -0.15) is 9.97 Å². The number of halogens is 1. The molecule has 5 rings (SSSR count). The summed E-state index contributed by atoms with van der Waals surface area (Å²) in [4.78, 5) is 37.4. The predicted octanol–water partition coefficient (Wildman–Crippen LogP) is 2.44. The van der Waals surface area contributed by atoms with Gasteiger partial charge in [-0.3, -0.25) is 4.57 Å². The van der Waals surface area contributed by atoms with Gasteiger partial charge >= 0.3 is 11.9 Å². The lowest BCUT2D eigenvalue weighted by atomic mass is 9.92. The van der Waals surface area contributed by atoms with E-state index in [0.29, 0.717) is 11.4 Å². The van der Waals surface area contributed by atoms with Crippen molar-refractivity contribution >= 4 is 40.5 Å². The lowest BCUT2D eigenvalue weighted by Crippen LogP contribution is -2.55. The van der Waals surface area contributed by atoms with E-state index in [1.807, 2.05) is 37.3 Å². The van der Waals surface area contributed by atoms with Crippen LogP contribution in [0.2, 0.25) is 5.28 Å². The van der Waals surface area contributed by atoms with E-state index >= 15 is 0 Å². The third-order valence-corrected chi connectivity index (χ3v) is 7.70. The molecule has 0 spiro atoms. The summed E-state index contributed by atoms with van der Waals surface area (Å²) < 4.78 is 12.7. The number of carboxylic acids is 2. The SMILES string of the molecule is C#C[C@@]1(O)[C@@H](COC(Cc2ccccc2)(C(=O)O)C(=O)O)O[C@@H](n2cnc3c(N[C@H](C)c4ccccc4)nc(Cl)nc32)[C@@H]1O. The molecule has 13 nitrogen and oxygen atoms in total. The lowest BCUT2D eigenvalue weighted by molar-refractivity contribution is -0.191.